The quantitative estimate of drug-likeness (QED) is 0.845. The van der Waals surface area contributed by atoms with E-state index in [1.165, 1.54) is 0 Å². The number of ether oxygens (including phenoxy) is 2. The van der Waals surface area contributed by atoms with Crippen LogP contribution in [0.5, 0.6) is 11.5 Å². The zero-order chi connectivity index (χ0) is 14.8. The molecular formula is C15H15N3O2S. The lowest BCUT2D eigenvalue weighted by atomic mass is 10.2. The predicted octanol–water partition coefficient (Wildman–Crippen LogP) is 2.37. The highest BCUT2D eigenvalue weighted by molar-refractivity contribution is 7.80. The number of benzene rings is 1. The third kappa shape index (κ3) is 3.05. The molecule has 1 aromatic heterocycles. The second-order valence-corrected chi connectivity index (χ2v) is 5.23. The minimum Gasteiger partial charge on any atom is -0.454 e. The summed E-state index contributed by atoms with van der Waals surface area (Å²) < 4.78 is 10.7. The molecule has 3 rings (SSSR count). The number of hydrogen-bond acceptors (Lipinski definition) is 5. The second kappa shape index (κ2) is 5.57. The van der Waals surface area contributed by atoms with Crippen molar-refractivity contribution in [3.8, 4) is 11.5 Å². The summed E-state index contributed by atoms with van der Waals surface area (Å²) in [5, 5.41) is 3.27. The van der Waals surface area contributed by atoms with Gasteiger partial charge in [0.2, 0.25) is 6.79 Å². The fourth-order valence-corrected chi connectivity index (χ4v) is 2.26. The molecule has 0 saturated heterocycles. The number of thiocarbonyl (C=S) groups is 1. The van der Waals surface area contributed by atoms with E-state index in [4.69, 9.17) is 27.4 Å². The van der Waals surface area contributed by atoms with Crippen molar-refractivity contribution in [3.63, 3.8) is 0 Å². The average molecular weight is 301 g/mol. The molecule has 1 aliphatic rings. The molecule has 0 fully saturated rings. The first-order chi connectivity index (χ1) is 10.1. The monoisotopic (exact) mass is 301 g/mol. The number of nitrogens with one attached hydrogen (secondary N) is 1. The largest absolute Gasteiger partial charge is 0.454 e. The number of aromatic nitrogens is 1. The molecule has 3 N–H and O–H groups in total. The summed E-state index contributed by atoms with van der Waals surface area (Å²) in [6.07, 6.45) is 0. The summed E-state index contributed by atoms with van der Waals surface area (Å²) in [5.74, 6) is 2.30. The van der Waals surface area contributed by atoms with E-state index in [0.717, 1.165) is 34.1 Å². The fourth-order valence-electron chi connectivity index (χ4n) is 2.14. The van der Waals surface area contributed by atoms with Crippen LogP contribution in [0, 0.1) is 6.92 Å². The number of hydrogen-bond donors (Lipinski definition) is 2. The summed E-state index contributed by atoms with van der Waals surface area (Å²) in [6.45, 7) is 2.82. The lowest BCUT2D eigenvalue weighted by molar-refractivity contribution is 0.174. The van der Waals surface area contributed by atoms with Crippen LogP contribution in [-0.2, 0) is 6.54 Å². The molecule has 108 valence electrons. The van der Waals surface area contributed by atoms with Crippen LogP contribution >= 0.6 is 12.2 Å². The van der Waals surface area contributed by atoms with Crippen molar-refractivity contribution in [3.05, 3.63) is 47.2 Å². The molecular weight excluding hydrogens is 286 g/mol. The molecule has 1 aromatic carbocycles. The molecule has 0 spiro atoms. The Kier molecular flexibility index (Phi) is 3.62. The highest BCUT2D eigenvalue weighted by Crippen LogP contribution is 2.32. The summed E-state index contributed by atoms with van der Waals surface area (Å²) in [6, 6.07) is 9.57. The first kappa shape index (κ1) is 13.6. The maximum absolute atomic E-state index is 5.67. The van der Waals surface area contributed by atoms with Crippen molar-refractivity contribution in [2.75, 3.05) is 12.1 Å². The number of fused-ring (bicyclic) bond motifs is 1. The normalized spacial score (nSPS) is 12.2. The predicted molar refractivity (Wildman–Crippen MR) is 84.8 cm³/mol. The van der Waals surface area contributed by atoms with E-state index in [0.29, 0.717) is 11.5 Å². The summed E-state index contributed by atoms with van der Waals surface area (Å²) in [4.78, 5) is 4.79. The molecule has 5 nitrogen and oxygen atoms in total. The summed E-state index contributed by atoms with van der Waals surface area (Å²) >= 11 is 5.00. The van der Waals surface area contributed by atoms with Gasteiger partial charge in [0.05, 0.1) is 0 Å². The van der Waals surface area contributed by atoms with Crippen molar-refractivity contribution >= 4 is 23.0 Å². The van der Waals surface area contributed by atoms with Gasteiger partial charge in [0.15, 0.2) is 11.5 Å². The number of pyridine rings is 1. The third-order valence-corrected chi connectivity index (χ3v) is 3.38. The summed E-state index contributed by atoms with van der Waals surface area (Å²) in [5.41, 5.74) is 8.43. The molecule has 21 heavy (non-hydrogen) atoms. The van der Waals surface area contributed by atoms with Gasteiger partial charge >= 0.3 is 0 Å². The molecule has 0 radical (unpaired) electrons. The van der Waals surface area contributed by atoms with E-state index in [-0.39, 0.29) is 6.79 Å². The third-order valence-electron chi connectivity index (χ3n) is 3.15. The molecule has 2 aromatic rings. The van der Waals surface area contributed by atoms with Crippen LogP contribution in [0.1, 0.15) is 16.8 Å². The Balaban J connectivity index is 1.74. The Hall–Kier alpha value is -2.34. The van der Waals surface area contributed by atoms with Crippen LogP contribution < -0.4 is 20.5 Å². The van der Waals surface area contributed by atoms with Crippen molar-refractivity contribution in [2.45, 2.75) is 13.5 Å². The lowest BCUT2D eigenvalue weighted by Gasteiger charge is -2.09. The zero-order valence-electron chi connectivity index (χ0n) is 11.6. The Morgan fingerprint density at radius 1 is 1.29 bits per heavy atom. The Bertz CT molecular complexity index is 703. The SMILES string of the molecule is Cc1cc(C(N)=S)cc(NCc2ccc3c(c2)OCO3)n1. The second-order valence-electron chi connectivity index (χ2n) is 4.79. The number of aryl methyl sites for hydroxylation is 1. The zero-order valence-corrected chi connectivity index (χ0v) is 12.4. The van der Waals surface area contributed by atoms with Gasteiger partial charge in [-0.05, 0) is 36.8 Å². The lowest BCUT2D eigenvalue weighted by Crippen LogP contribution is -2.11. The fraction of sp³-hybridized carbons (Fsp3) is 0.200. The van der Waals surface area contributed by atoms with Crippen LogP contribution in [0.3, 0.4) is 0 Å². The Labute approximate surface area is 128 Å². The minimum absolute atomic E-state index is 0.281. The van der Waals surface area contributed by atoms with Gasteiger partial charge in [-0.15, -0.1) is 0 Å². The average Bonchev–Trinajstić information content (AvgIpc) is 2.92. The van der Waals surface area contributed by atoms with E-state index in [1.54, 1.807) is 0 Å². The molecule has 0 amide bonds. The van der Waals surface area contributed by atoms with Crippen molar-refractivity contribution in [1.82, 2.24) is 4.98 Å². The van der Waals surface area contributed by atoms with Crippen LogP contribution in [-0.4, -0.2) is 16.8 Å². The first-order valence-electron chi connectivity index (χ1n) is 6.53. The number of rotatable bonds is 4. The Morgan fingerprint density at radius 2 is 2.10 bits per heavy atom. The van der Waals surface area contributed by atoms with Gasteiger partial charge in [-0.3, -0.25) is 0 Å². The molecule has 0 unspecified atom stereocenters. The summed E-state index contributed by atoms with van der Waals surface area (Å²) in [7, 11) is 0. The van der Waals surface area contributed by atoms with Gasteiger partial charge in [0.1, 0.15) is 10.8 Å². The van der Waals surface area contributed by atoms with Crippen LogP contribution in [0.25, 0.3) is 0 Å². The number of nitrogens with zero attached hydrogens (tertiary/aromatic N) is 1. The van der Waals surface area contributed by atoms with E-state index in [1.807, 2.05) is 37.3 Å². The van der Waals surface area contributed by atoms with Gasteiger partial charge in [0, 0.05) is 17.8 Å². The molecule has 0 bridgehead atoms. The number of nitrogens with two attached hydrogens (primary N) is 1. The molecule has 2 heterocycles. The maximum atomic E-state index is 5.67. The van der Waals surface area contributed by atoms with Crippen molar-refractivity contribution in [1.29, 1.82) is 0 Å². The van der Waals surface area contributed by atoms with E-state index >= 15 is 0 Å². The van der Waals surface area contributed by atoms with Gasteiger partial charge in [-0.2, -0.15) is 0 Å². The van der Waals surface area contributed by atoms with Crippen LogP contribution in [0.2, 0.25) is 0 Å². The smallest absolute Gasteiger partial charge is 0.231 e. The van der Waals surface area contributed by atoms with E-state index < -0.39 is 0 Å². The molecule has 1 aliphatic heterocycles. The molecule has 6 heteroatoms. The topological polar surface area (TPSA) is 69.4 Å². The minimum atomic E-state index is 0.281. The highest BCUT2D eigenvalue weighted by atomic mass is 32.1. The van der Waals surface area contributed by atoms with E-state index in [9.17, 15) is 0 Å². The van der Waals surface area contributed by atoms with Gasteiger partial charge in [-0.1, -0.05) is 18.3 Å². The van der Waals surface area contributed by atoms with Crippen molar-refractivity contribution in [2.24, 2.45) is 5.73 Å². The molecule has 0 aliphatic carbocycles. The molecule has 0 atom stereocenters. The standard InChI is InChI=1S/C15H15N3O2S/c1-9-4-11(15(16)21)6-14(18-9)17-7-10-2-3-12-13(5-10)20-8-19-12/h2-6H,7-8H2,1H3,(H2,16,21)(H,17,18). The maximum Gasteiger partial charge on any atom is 0.231 e. The van der Waals surface area contributed by atoms with Crippen LogP contribution in [0.15, 0.2) is 30.3 Å². The van der Waals surface area contributed by atoms with Gasteiger partial charge < -0.3 is 20.5 Å². The highest BCUT2D eigenvalue weighted by Gasteiger charge is 2.13. The van der Waals surface area contributed by atoms with Crippen LogP contribution in [0.4, 0.5) is 5.82 Å². The van der Waals surface area contributed by atoms with E-state index in [2.05, 4.69) is 10.3 Å². The molecule has 0 saturated carbocycles. The van der Waals surface area contributed by atoms with Gasteiger partial charge in [-0.25, -0.2) is 4.98 Å². The van der Waals surface area contributed by atoms with Gasteiger partial charge in [0.25, 0.3) is 0 Å². The van der Waals surface area contributed by atoms with Crippen molar-refractivity contribution < 1.29 is 9.47 Å². The number of anilines is 1. The Morgan fingerprint density at radius 3 is 2.90 bits per heavy atom. The first-order valence-corrected chi connectivity index (χ1v) is 6.93.